The van der Waals surface area contributed by atoms with E-state index in [1.54, 1.807) is 0 Å². The van der Waals surface area contributed by atoms with Crippen LogP contribution in [-0.4, -0.2) is 6.54 Å². The smallest absolute Gasteiger partial charge is 0.0182 e. The zero-order chi connectivity index (χ0) is 13.1. The first kappa shape index (κ1) is 16.0. The topological polar surface area (TPSA) is 26.0 Å². The van der Waals surface area contributed by atoms with Crippen LogP contribution in [0.2, 0.25) is 0 Å². The van der Waals surface area contributed by atoms with Crippen LogP contribution in [0, 0.1) is 0 Å². The van der Waals surface area contributed by atoms with E-state index in [1.165, 1.54) is 23.1 Å². The molecule has 0 atom stereocenters. The molecule has 96 valence electrons. The molecule has 0 aliphatic heterocycles. The molecule has 0 radical (unpaired) electrons. The van der Waals surface area contributed by atoms with Crippen molar-refractivity contribution in [1.82, 2.24) is 0 Å². The number of hydrogen-bond donors (Lipinski definition) is 1. The first-order valence-corrected chi connectivity index (χ1v) is 6.46. The minimum Gasteiger partial charge on any atom is -0.326 e. The molecule has 0 aromatic heterocycles. The van der Waals surface area contributed by atoms with Gasteiger partial charge in [0.25, 0.3) is 0 Å². The molecule has 0 aromatic carbocycles. The molecule has 0 spiro atoms. The summed E-state index contributed by atoms with van der Waals surface area (Å²) >= 11 is 0. The van der Waals surface area contributed by atoms with Gasteiger partial charge in [-0.25, -0.2) is 0 Å². The maximum absolute atomic E-state index is 5.38. The van der Waals surface area contributed by atoms with E-state index in [0.717, 1.165) is 19.3 Å². The summed E-state index contributed by atoms with van der Waals surface area (Å²) < 4.78 is 0. The van der Waals surface area contributed by atoms with Crippen LogP contribution in [0.5, 0.6) is 0 Å². The van der Waals surface area contributed by atoms with E-state index in [4.69, 9.17) is 5.73 Å². The van der Waals surface area contributed by atoms with Gasteiger partial charge in [-0.2, -0.15) is 0 Å². The van der Waals surface area contributed by atoms with Crippen molar-refractivity contribution >= 4 is 0 Å². The van der Waals surface area contributed by atoms with Gasteiger partial charge in [0.05, 0.1) is 0 Å². The van der Waals surface area contributed by atoms with Crippen molar-refractivity contribution in [1.29, 1.82) is 0 Å². The zero-order valence-electron chi connectivity index (χ0n) is 11.8. The molecule has 17 heavy (non-hydrogen) atoms. The number of rotatable bonds is 7. The molecular formula is C16H27N. The first-order chi connectivity index (χ1) is 8.06. The summed E-state index contributed by atoms with van der Waals surface area (Å²) in [4.78, 5) is 0. The van der Waals surface area contributed by atoms with Crippen LogP contribution in [0.25, 0.3) is 0 Å². The summed E-state index contributed by atoms with van der Waals surface area (Å²) in [5.74, 6) is 0. The van der Waals surface area contributed by atoms with E-state index in [-0.39, 0.29) is 0 Å². The van der Waals surface area contributed by atoms with E-state index in [0.29, 0.717) is 6.54 Å². The van der Waals surface area contributed by atoms with Crippen molar-refractivity contribution in [2.24, 2.45) is 5.73 Å². The van der Waals surface area contributed by atoms with Crippen LogP contribution in [0.15, 0.2) is 40.7 Å². The summed E-state index contributed by atoms with van der Waals surface area (Å²) in [7, 11) is 0. The third kappa shape index (κ3) is 11.2. The number of allylic oxidation sites excluding steroid dienone is 4. The molecule has 0 saturated heterocycles. The second-order valence-corrected chi connectivity index (χ2v) is 4.77. The van der Waals surface area contributed by atoms with Crippen LogP contribution >= 0.6 is 0 Å². The Balaban J connectivity index is 3.92. The van der Waals surface area contributed by atoms with Crippen molar-refractivity contribution < 1.29 is 0 Å². The lowest BCUT2D eigenvalue weighted by Gasteiger charge is -1.99. The van der Waals surface area contributed by atoms with E-state index >= 15 is 0 Å². The minimum absolute atomic E-state index is 0.578. The lowest BCUT2D eigenvalue weighted by molar-refractivity contribution is 0.919. The SMILES string of the molecule is CC(=C=CCN)CC/C=C(\C)CCC=C(C)C. The van der Waals surface area contributed by atoms with Gasteiger partial charge in [-0.1, -0.05) is 23.3 Å². The van der Waals surface area contributed by atoms with E-state index in [2.05, 4.69) is 45.6 Å². The summed E-state index contributed by atoms with van der Waals surface area (Å²) in [6.45, 7) is 9.20. The van der Waals surface area contributed by atoms with Crippen molar-refractivity contribution in [3.8, 4) is 0 Å². The lowest BCUT2D eigenvalue weighted by Crippen LogP contribution is -1.91. The fraction of sp³-hybridized carbons (Fsp3) is 0.562. The van der Waals surface area contributed by atoms with Crippen molar-refractivity contribution in [3.63, 3.8) is 0 Å². The monoisotopic (exact) mass is 233 g/mol. The first-order valence-electron chi connectivity index (χ1n) is 6.46. The average Bonchev–Trinajstić information content (AvgIpc) is 2.25. The Labute approximate surface area is 107 Å². The van der Waals surface area contributed by atoms with Gasteiger partial charge >= 0.3 is 0 Å². The van der Waals surface area contributed by atoms with Gasteiger partial charge in [-0.3, -0.25) is 0 Å². The molecule has 0 aromatic rings. The summed E-state index contributed by atoms with van der Waals surface area (Å²) in [5.41, 5.74) is 12.7. The molecule has 1 heteroatoms. The van der Waals surface area contributed by atoms with Crippen LogP contribution in [-0.2, 0) is 0 Å². The molecule has 0 saturated carbocycles. The van der Waals surface area contributed by atoms with Crippen LogP contribution in [0.1, 0.15) is 53.4 Å². The predicted molar refractivity (Wildman–Crippen MR) is 78.0 cm³/mol. The van der Waals surface area contributed by atoms with Gasteiger partial charge in [0.2, 0.25) is 0 Å². The summed E-state index contributed by atoms with van der Waals surface area (Å²) in [6.07, 6.45) is 11.0. The molecule has 0 unspecified atom stereocenters. The third-order valence-corrected chi connectivity index (χ3v) is 2.57. The normalized spacial score (nSPS) is 10.8. The second-order valence-electron chi connectivity index (χ2n) is 4.77. The Morgan fingerprint density at radius 1 is 1.00 bits per heavy atom. The molecule has 0 heterocycles. The fourth-order valence-corrected chi connectivity index (χ4v) is 1.53. The molecule has 0 aliphatic carbocycles. The van der Waals surface area contributed by atoms with Crippen molar-refractivity contribution in [2.75, 3.05) is 6.54 Å². The zero-order valence-corrected chi connectivity index (χ0v) is 11.8. The van der Waals surface area contributed by atoms with Crippen molar-refractivity contribution in [2.45, 2.75) is 53.4 Å². The molecule has 0 amide bonds. The lowest BCUT2D eigenvalue weighted by atomic mass is 10.1. The maximum Gasteiger partial charge on any atom is 0.0182 e. The van der Waals surface area contributed by atoms with Gasteiger partial charge in [0.15, 0.2) is 0 Å². The second kappa shape index (κ2) is 10.1. The molecule has 0 bridgehead atoms. The Morgan fingerprint density at radius 2 is 1.65 bits per heavy atom. The fourth-order valence-electron chi connectivity index (χ4n) is 1.53. The Bertz CT molecular complexity index is 321. The molecule has 0 aliphatic rings. The molecule has 0 rings (SSSR count). The highest BCUT2D eigenvalue weighted by molar-refractivity contribution is 5.05. The molecular weight excluding hydrogens is 206 g/mol. The minimum atomic E-state index is 0.578. The van der Waals surface area contributed by atoms with Crippen LogP contribution in [0.4, 0.5) is 0 Å². The number of nitrogens with two attached hydrogens (primary N) is 1. The standard InChI is InChI=1S/C16H27N/c1-14(2)8-5-9-15(3)10-6-11-16(4)12-7-13-17/h7-8,10H,5-6,9,11,13,17H2,1-4H3/b15-10+. The van der Waals surface area contributed by atoms with Crippen LogP contribution < -0.4 is 5.73 Å². The van der Waals surface area contributed by atoms with Gasteiger partial charge in [0, 0.05) is 6.54 Å². The average molecular weight is 233 g/mol. The van der Waals surface area contributed by atoms with Crippen LogP contribution in [0.3, 0.4) is 0 Å². The Kier molecular flexibility index (Phi) is 9.52. The van der Waals surface area contributed by atoms with E-state index in [9.17, 15) is 0 Å². The van der Waals surface area contributed by atoms with Gasteiger partial charge in [-0.05, 0) is 65.0 Å². The maximum atomic E-state index is 5.38. The molecule has 2 N–H and O–H groups in total. The van der Waals surface area contributed by atoms with E-state index < -0.39 is 0 Å². The van der Waals surface area contributed by atoms with Gasteiger partial charge in [-0.15, -0.1) is 5.73 Å². The largest absolute Gasteiger partial charge is 0.326 e. The Morgan fingerprint density at radius 3 is 2.24 bits per heavy atom. The number of hydrogen-bond acceptors (Lipinski definition) is 1. The van der Waals surface area contributed by atoms with E-state index in [1.807, 2.05) is 6.08 Å². The predicted octanol–water partition coefficient (Wildman–Crippen LogP) is 4.52. The molecule has 0 fully saturated rings. The highest BCUT2D eigenvalue weighted by atomic mass is 14.5. The quantitative estimate of drug-likeness (QED) is 0.508. The van der Waals surface area contributed by atoms with Gasteiger partial charge in [0.1, 0.15) is 0 Å². The summed E-state index contributed by atoms with van der Waals surface area (Å²) in [5, 5.41) is 0. The molecule has 1 nitrogen and oxygen atoms in total. The third-order valence-electron chi connectivity index (χ3n) is 2.57. The van der Waals surface area contributed by atoms with Crippen molar-refractivity contribution in [3.05, 3.63) is 40.7 Å². The van der Waals surface area contributed by atoms with Gasteiger partial charge < -0.3 is 5.73 Å². The Hall–Kier alpha value is -1.04. The summed E-state index contributed by atoms with van der Waals surface area (Å²) in [6, 6.07) is 0. The highest BCUT2D eigenvalue weighted by Crippen LogP contribution is 2.10. The highest BCUT2D eigenvalue weighted by Gasteiger charge is 1.90.